The summed E-state index contributed by atoms with van der Waals surface area (Å²) in [4.78, 5) is 11.9. The number of nitrogens with one attached hydrogen (secondary N) is 1. The third kappa shape index (κ3) is 3.85. The van der Waals surface area contributed by atoms with E-state index >= 15 is 0 Å². The Balaban J connectivity index is 2.57. The van der Waals surface area contributed by atoms with Gasteiger partial charge >= 0.3 is 0 Å². The first-order chi connectivity index (χ1) is 8.08. The Morgan fingerprint density at radius 2 is 2.29 bits per heavy atom. The SMILES string of the molecule is CCCC(N)CNC(=O)c1cn(C)nc1CC. The number of nitrogens with two attached hydrogens (primary N) is 1. The molecule has 1 aromatic rings. The number of aryl methyl sites for hydroxylation is 2. The number of carbonyl (C=O) groups excluding carboxylic acids is 1. The molecule has 0 saturated heterocycles. The average molecular weight is 238 g/mol. The molecule has 0 fully saturated rings. The Labute approximate surface area is 102 Å². The standard InChI is InChI=1S/C12H22N4O/c1-4-6-9(13)7-14-12(17)10-8-16(3)15-11(10)5-2/h8-9H,4-7,13H2,1-3H3,(H,14,17). The zero-order valence-corrected chi connectivity index (χ0v) is 10.9. The first-order valence-corrected chi connectivity index (χ1v) is 6.14. The van der Waals surface area contributed by atoms with Crippen molar-refractivity contribution in [1.82, 2.24) is 15.1 Å². The predicted molar refractivity (Wildman–Crippen MR) is 67.8 cm³/mol. The number of hydrogen-bond acceptors (Lipinski definition) is 3. The average Bonchev–Trinajstić information content (AvgIpc) is 2.68. The van der Waals surface area contributed by atoms with Crippen LogP contribution in [-0.2, 0) is 13.5 Å². The zero-order valence-electron chi connectivity index (χ0n) is 10.9. The second kappa shape index (κ2) is 6.39. The maximum absolute atomic E-state index is 11.9. The lowest BCUT2D eigenvalue weighted by molar-refractivity contribution is 0.0949. The van der Waals surface area contributed by atoms with Crippen molar-refractivity contribution in [2.75, 3.05) is 6.54 Å². The molecule has 0 aromatic carbocycles. The summed E-state index contributed by atoms with van der Waals surface area (Å²) in [6.45, 7) is 4.59. The fraction of sp³-hybridized carbons (Fsp3) is 0.667. The molecule has 1 rings (SSSR count). The molecule has 0 aliphatic carbocycles. The second-order valence-electron chi connectivity index (χ2n) is 4.28. The summed E-state index contributed by atoms with van der Waals surface area (Å²) in [7, 11) is 1.82. The van der Waals surface area contributed by atoms with Gasteiger partial charge in [-0.25, -0.2) is 0 Å². The minimum atomic E-state index is -0.0819. The summed E-state index contributed by atoms with van der Waals surface area (Å²) < 4.78 is 1.67. The van der Waals surface area contributed by atoms with Gasteiger partial charge in [0.2, 0.25) is 0 Å². The lowest BCUT2D eigenvalue weighted by atomic mass is 10.1. The second-order valence-corrected chi connectivity index (χ2v) is 4.28. The molecular formula is C12H22N4O. The van der Waals surface area contributed by atoms with Gasteiger partial charge in [-0.1, -0.05) is 20.3 Å². The number of amides is 1. The molecule has 1 unspecified atom stereocenters. The van der Waals surface area contributed by atoms with Crippen molar-refractivity contribution in [2.45, 2.75) is 39.2 Å². The highest BCUT2D eigenvalue weighted by molar-refractivity contribution is 5.95. The topological polar surface area (TPSA) is 72.9 Å². The summed E-state index contributed by atoms with van der Waals surface area (Å²) in [5.74, 6) is -0.0819. The molecule has 0 aliphatic rings. The van der Waals surface area contributed by atoms with Crippen LogP contribution in [0.15, 0.2) is 6.20 Å². The molecule has 1 atom stereocenters. The van der Waals surface area contributed by atoms with Gasteiger partial charge in [0.15, 0.2) is 0 Å². The van der Waals surface area contributed by atoms with E-state index in [0.717, 1.165) is 25.0 Å². The Morgan fingerprint density at radius 3 is 2.88 bits per heavy atom. The van der Waals surface area contributed by atoms with Gasteiger partial charge in [-0.2, -0.15) is 5.10 Å². The van der Waals surface area contributed by atoms with Crippen molar-refractivity contribution in [3.8, 4) is 0 Å². The normalized spacial score (nSPS) is 12.5. The van der Waals surface area contributed by atoms with Crippen molar-refractivity contribution in [1.29, 1.82) is 0 Å². The van der Waals surface area contributed by atoms with E-state index in [2.05, 4.69) is 17.3 Å². The number of rotatable bonds is 6. The summed E-state index contributed by atoms with van der Waals surface area (Å²) >= 11 is 0. The van der Waals surface area contributed by atoms with E-state index in [-0.39, 0.29) is 11.9 Å². The molecule has 0 aliphatic heterocycles. The van der Waals surface area contributed by atoms with Gasteiger partial charge in [-0.05, 0) is 12.8 Å². The molecule has 0 saturated carbocycles. The molecule has 1 aromatic heterocycles. The predicted octanol–water partition coefficient (Wildman–Crippen LogP) is 0.840. The minimum absolute atomic E-state index is 0.0331. The molecule has 0 spiro atoms. The zero-order chi connectivity index (χ0) is 12.8. The van der Waals surface area contributed by atoms with Gasteiger partial charge in [-0.15, -0.1) is 0 Å². The lowest BCUT2D eigenvalue weighted by Gasteiger charge is -2.11. The smallest absolute Gasteiger partial charge is 0.254 e. The highest BCUT2D eigenvalue weighted by Gasteiger charge is 2.14. The molecular weight excluding hydrogens is 216 g/mol. The molecule has 1 heterocycles. The van der Waals surface area contributed by atoms with Crippen molar-refractivity contribution in [3.05, 3.63) is 17.5 Å². The summed E-state index contributed by atoms with van der Waals surface area (Å²) in [6.07, 6.45) is 4.46. The third-order valence-electron chi connectivity index (χ3n) is 2.67. The van der Waals surface area contributed by atoms with E-state index in [1.54, 1.807) is 10.9 Å². The first kappa shape index (κ1) is 13.7. The van der Waals surface area contributed by atoms with Crippen molar-refractivity contribution >= 4 is 5.91 Å². The van der Waals surface area contributed by atoms with Gasteiger partial charge in [0, 0.05) is 25.8 Å². The van der Waals surface area contributed by atoms with Gasteiger partial charge in [0.1, 0.15) is 0 Å². The van der Waals surface area contributed by atoms with Crippen LogP contribution in [0.4, 0.5) is 0 Å². The van der Waals surface area contributed by atoms with Crippen LogP contribution in [0.25, 0.3) is 0 Å². The van der Waals surface area contributed by atoms with E-state index < -0.39 is 0 Å². The van der Waals surface area contributed by atoms with Crippen molar-refractivity contribution < 1.29 is 4.79 Å². The van der Waals surface area contributed by atoms with E-state index in [1.165, 1.54) is 0 Å². The van der Waals surface area contributed by atoms with Crippen molar-refractivity contribution in [3.63, 3.8) is 0 Å². The number of aromatic nitrogens is 2. The van der Waals surface area contributed by atoms with Crippen LogP contribution in [-0.4, -0.2) is 28.3 Å². The monoisotopic (exact) mass is 238 g/mol. The van der Waals surface area contributed by atoms with Crippen LogP contribution >= 0.6 is 0 Å². The van der Waals surface area contributed by atoms with E-state index in [4.69, 9.17) is 5.73 Å². The van der Waals surface area contributed by atoms with E-state index in [1.807, 2.05) is 14.0 Å². The molecule has 5 nitrogen and oxygen atoms in total. The van der Waals surface area contributed by atoms with Gasteiger partial charge in [0.25, 0.3) is 5.91 Å². The fourth-order valence-corrected chi connectivity index (χ4v) is 1.78. The van der Waals surface area contributed by atoms with Gasteiger partial charge in [0.05, 0.1) is 11.3 Å². The molecule has 17 heavy (non-hydrogen) atoms. The Hall–Kier alpha value is -1.36. The third-order valence-corrected chi connectivity index (χ3v) is 2.67. The number of carbonyl (C=O) groups is 1. The molecule has 0 bridgehead atoms. The van der Waals surface area contributed by atoms with Crippen LogP contribution in [0.3, 0.4) is 0 Å². The Morgan fingerprint density at radius 1 is 1.59 bits per heavy atom. The Bertz CT molecular complexity index is 373. The lowest BCUT2D eigenvalue weighted by Crippen LogP contribution is -2.37. The molecule has 3 N–H and O–H groups in total. The van der Waals surface area contributed by atoms with Crippen LogP contribution in [0, 0.1) is 0 Å². The molecule has 5 heteroatoms. The fourth-order valence-electron chi connectivity index (χ4n) is 1.78. The van der Waals surface area contributed by atoms with E-state index in [0.29, 0.717) is 12.1 Å². The largest absolute Gasteiger partial charge is 0.350 e. The van der Waals surface area contributed by atoms with Crippen LogP contribution in [0.1, 0.15) is 42.7 Å². The van der Waals surface area contributed by atoms with Crippen LogP contribution in [0.2, 0.25) is 0 Å². The quantitative estimate of drug-likeness (QED) is 0.771. The van der Waals surface area contributed by atoms with Gasteiger partial charge < -0.3 is 11.1 Å². The summed E-state index contributed by atoms with van der Waals surface area (Å²) in [6, 6.07) is 0.0331. The highest BCUT2D eigenvalue weighted by atomic mass is 16.1. The van der Waals surface area contributed by atoms with Crippen LogP contribution in [0.5, 0.6) is 0 Å². The summed E-state index contributed by atoms with van der Waals surface area (Å²) in [5.41, 5.74) is 7.33. The maximum atomic E-state index is 11.9. The Kier molecular flexibility index (Phi) is 5.15. The van der Waals surface area contributed by atoms with Gasteiger partial charge in [-0.3, -0.25) is 9.48 Å². The molecule has 0 radical (unpaired) electrons. The van der Waals surface area contributed by atoms with E-state index in [9.17, 15) is 4.79 Å². The number of hydrogen-bond donors (Lipinski definition) is 2. The summed E-state index contributed by atoms with van der Waals surface area (Å²) in [5, 5.41) is 7.09. The minimum Gasteiger partial charge on any atom is -0.350 e. The molecule has 1 amide bonds. The van der Waals surface area contributed by atoms with Crippen LogP contribution < -0.4 is 11.1 Å². The maximum Gasteiger partial charge on any atom is 0.254 e. The first-order valence-electron chi connectivity index (χ1n) is 6.14. The molecule has 96 valence electrons. The number of nitrogens with zero attached hydrogens (tertiary/aromatic N) is 2. The highest BCUT2D eigenvalue weighted by Crippen LogP contribution is 2.06. The van der Waals surface area contributed by atoms with Crippen molar-refractivity contribution in [2.24, 2.45) is 12.8 Å².